The van der Waals surface area contributed by atoms with Gasteiger partial charge in [-0.25, -0.2) is 0 Å². The van der Waals surface area contributed by atoms with Crippen molar-refractivity contribution in [1.82, 2.24) is 0 Å². The van der Waals surface area contributed by atoms with Crippen molar-refractivity contribution in [3.8, 4) is 5.75 Å². The zero-order valence-corrected chi connectivity index (χ0v) is 9.04. The first kappa shape index (κ1) is 9.38. The van der Waals surface area contributed by atoms with Gasteiger partial charge in [0.25, 0.3) is 0 Å². The lowest BCUT2D eigenvalue weighted by atomic mass is 10.1. The Morgan fingerprint density at radius 2 is 2.00 bits per heavy atom. The van der Waals surface area contributed by atoms with Crippen molar-refractivity contribution in [2.45, 2.75) is 32.7 Å². The summed E-state index contributed by atoms with van der Waals surface area (Å²) in [4.78, 5) is 2.35. The highest BCUT2D eigenvalue weighted by Gasteiger charge is 2.29. The Balaban J connectivity index is 2.45. The van der Waals surface area contributed by atoms with Crippen molar-refractivity contribution in [2.75, 3.05) is 11.4 Å². The molecule has 0 unspecified atom stereocenters. The average molecular weight is 191 g/mol. The molecule has 2 nitrogen and oxygen atoms in total. The first-order valence-electron chi connectivity index (χ1n) is 5.08. The van der Waals surface area contributed by atoms with E-state index in [1.165, 1.54) is 5.69 Å². The molecule has 1 aromatic rings. The third kappa shape index (κ3) is 1.35. The molecular weight excluding hydrogens is 174 g/mol. The van der Waals surface area contributed by atoms with Gasteiger partial charge in [-0.3, -0.25) is 0 Å². The van der Waals surface area contributed by atoms with Gasteiger partial charge in [0.05, 0.1) is 0 Å². The molecule has 1 aliphatic rings. The Morgan fingerprint density at radius 3 is 2.64 bits per heavy atom. The number of hydrogen-bond donors (Lipinski definition) is 1. The van der Waals surface area contributed by atoms with Gasteiger partial charge in [0.1, 0.15) is 5.75 Å². The quantitative estimate of drug-likeness (QED) is 0.681. The van der Waals surface area contributed by atoms with Crippen LogP contribution < -0.4 is 4.90 Å². The lowest BCUT2D eigenvalue weighted by Crippen LogP contribution is -2.40. The summed E-state index contributed by atoms with van der Waals surface area (Å²) >= 11 is 0. The molecule has 1 heterocycles. The van der Waals surface area contributed by atoms with Gasteiger partial charge >= 0.3 is 0 Å². The summed E-state index contributed by atoms with van der Waals surface area (Å²) < 4.78 is 0. The maximum absolute atomic E-state index is 9.69. The molecule has 0 spiro atoms. The standard InChI is InChI=1S/C12H17NO/c1-12(2,3)13-8-7-9-10(13)5-4-6-11(9)14/h4-6,14H,7-8H2,1-3H3. The molecule has 0 atom stereocenters. The Bertz CT molecular complexity index is 352. The van der Waals surface area contributed by atoms with E-state index in [4.69, 9.17) is 0 Å². The predicted molar refractivity (Wildman–Crippen MR) is 58.9 cm³/mol. The number of nitrogens with zero attached hydrogens (tertiary/aromatic N) is 1. The molecule has 0 amide bonds. The molecule has 0 saturated carbocycles. The van der Waals surface area contributed by atoms with Gasteiger partial charge in [-0.2, -0.15) is 0 Å². The van der Waals surface area contributed by atoms with E-state index in [0.717, 1.165) is 18.5 Å². The van der Waals surface area contributed by atoms with Crippen LogP contribution in [-0.4, -0.2) is 17.2 Å². The van der Waals surface area contributed by atoms with Gasteiger partial charge in [0.2, 0.25) is 0 Å². The predicted octanol–water partition coefficient (Wildman–Crippen LogP) is 2.55. The zero-order valence-electron chi connectivity index (χ0n) is 9.04. The van der Waals surface area contributed by atoms with Crippen molar-refractivity contribution in [1.29, 1.82) is 0 Å². The lowest BCUT2D eigenvalue weighted by Gasteiger charge is -2.34. The summed E-state index contributed by atoms with van der Waals surface area (Å²) in [5.41, 5.74) is 2.43. The second kappa shape index (κ2) is 2.91. The van der Waals surface area contributed by atoms with E-state index in [-0.39, 0.29) is 5.54 Å². The number of phenolic OH excluding ortho intramolecular Hbond substituents is 1. The lowest BCUT2D eigenvalue weighted by molar-refractivity contribution is 0.470. The van der Waals surface area contributed by atoms with Crippen molar-refractivity contribution >= 4 is 5.69 Å². The highest BCUT2D eigenvalue weighted by molar-refractivity contribution is 5.64. The average Bonchev–Trinajstić information content (AvgIpc) is 2.47. The molecular formula is C12H17NO. The highest BCUT2D eigenvalue weighted by atomic mass is 16.3. The van der Waals surface area contributed by atoms with Gasteiger partial charge in [0, 0.05) is 23.3 Å². The van der Waals surface area contributed by atoms with E-state index in [1.807, 2.05) is 6.07 Å². The van der Waals surface area contributed by atoms with E-state index in [1.54, 1.807) is 6.07 Å². The highest BCUT2D eigenvalue weighted by Crippen LogP contribution is 2.37. The summed E-state index contributed by atoms with van der Waals surface area (Å²) in [6.07, 6.45) is 0.958. The van der Waals surface area contributed by atoms with Crippen LogP contribution >= 0.6 is 0 Å². The SMILES string of the molecule is CC(C)(C)N1CCc2c(O)cccc21. The normalized spacial score (nSPS) is 15.8. The summed E-state index contributed by atoms with van der Waals surface area (Å²) in [7, 11) is 0. The largest absolute Gasteiger partial charge is 0.508 e. The fraction of sp³-hybridized carbons (Fsp3) is 0.500. The van der Waals surface area contributed by atoms with Crippen molar-refractivity contribution in [2.24, 2.45) is 0 Å². The smallest absolute Gasteiger partial charge is 0.120 e. The number of benzene rings is 1. The van der Waals surface area contributed by atoms with Crippen LogP contribution in [0.5, 0.6) is 5.75 Å². The van der Waals surface area contributed by atoms with Crippen LogP contribution in [0.4, 0.5) is 5.69 Å². The number of phenols is 1. The van der Waals surface area contributed by atoms with Crippen molar-refractivity contribution in [3.05, 3.63) is 23.8 Å². The fourth-order valence-electron chi connectivity index (χ4n) is 2.11. The summed E-state index contributed by atoms with van der Waals surface area (Å²) in [6.45, 7) is 7.61. The molecule has 0 aromatic heterocycles. The third-order valence-electron chi connectivity index (χ3n) is 2.81. The molecule has 0 fully saturated rings. The molecule has 0 bridgehead atoms. The minimum atomic E-state index is 0.138. The number of fused-ring (bicyclic) bond motifs is 1. The van der Waals surface area contributed by atoms with Crippen LogP contribution in [0.15, 0.2) is 18.2 Å². The molecule has 76 valence electrons. The number of rotatable bonds is 0. The van der Waals surface area contributed by atoms with E-state index < -0.39 is 0 Å². The minimum Gasteiger partial charge on any atom is -0.508 e. The monoisotopic (exact) mass is 191 g/mol. The van der Waals surface area contributed by atoms with Gasteiger partial charge < -0.3 is 10.0 Å². The molecule has 2 rings (SSSR count). The first-order chi connectivity index (χ1) is 6.50. The minimum absolute atomic E-state index is 0.138. The van der Waals surface area contributed by atoms with Gasteiger partial charge in [-0.05, 0) is 39.3 Å². The molecule has 0 radical (unpaired) electrons. The molecule has 1 aromatic carbocycles. The van der Waals surface area contributed by atoms with Crippen LogP contribution in [0.2, 0.25) is 0 Å². The van der Waals surface area contributed by atoms with E-state index >= 15 is 0 Å². The van der Waals surface area contributed by atoms with Crippen LogP contribution in [0.1, 0.15) is 26.3 Å². The number of hydrogen-bond acceptors (Lipinski definition) is 2. The van der Waals surface area contributed by atoms with Gasteiger partial charge in [0.15, 0.2) is 0 Å². The van der Waals surface area contributed by atoms with Crippen LogP contribution in [0.3, 0.4) is 0 Å². The van der Waals surface area contributed by atoms with Crippen LogP contribution in [0, 0.1) is 0 Å². The number of anilines is 1. The van der Waals surface area contributed by atoms with Crippen molar-refractivity contribution < 1.29 is 5.11 Å². The molecule has 14 heavy (non-hydrogen) atoms. The topological polar surface area (TPSA) is 23.5 Å². The number of aromatic hydroxyl groups is 1. The first-order valence-corrected chi connectivity index (χ1v) is 5.08. The Morgan fingerprint density at radius 1 is 1.29 bits per heavy atom. The Kier molecular flexibility index (Phi) is 1.95. The van der Waals surface area contributed by atoms with Gasteiger partial charge in [-0.1, -0.05) is 6.07 Å². The maximum Gasteiger partial charge on any atom is 0.120 e. The molecule has 0 aliphatic carbocycles. The zero-order chi connectivity index (χ0) is 10.3. The molecule has 2 heteroatoms. The molecule has 1 N–H and O–H groups in total. The third-order valence-corrected chi connectivity index (χ3v) is 2.81. The Labute approximate surface area is 85.2 Å². The Hall–Kier alpha value is -1.18. The summed E-state index contributed by atoms with van der Waals surface area (Å²) in [5, 5.41) is 9.69. The van der Waals surface area contributed by atoms with E-state index in [2.05, 4.69) is 31.7 Å². The summed E-state index contributed by atoms with van der Waals surface area (Å²) in [6, 6.07) is 5.77. The van der Waals surface area contributed by atoms with Crippen LogP contribution in [-0.2, 0) is 6.42 Å². The molecule has 0 saturated heterocycles. The second-order valence-corrected chi connectivity index (χ2v) is 4.85. The van der Waals surface area contributed by atoms with Gasteiger partial charge in [-0.15, -0.1) is 0 Å². The molecule has 1 aliphatic heterocycles. The fourth-order valence-corrected chi connectivity index (χ4v) is 2.11. The summed E-state index contributed by atoms with van der Waals surface area (Å²) in [5.74, 6) is 0.439. The van der Waals surface area contributed by atoms with E-state index in [9.17, 15) is 5.11 Å². The van der Waals surface area contributed by atoms with Crippen LogP contribution in [0.25, 0.3) is 0 Å². The second-order valence-electron chi connectivity index (χ2n) is 4.85. The maximum atomic E-state index is 9.69. The van der Waals surface area contributed by atoms with Crippen molar-refractivity contribution in [3.63, 3.8) is 0 Å². The van der Waals surface area contributed by atoms with E-state index in [0.29, 0.717) is 5.75 Å².